The lowest BCUT2D eigenvalue weighted by molar-refractivity contribution is 0.0744. The highest BCUT2D eigenvalue weighted by molar-refractivity contribution is 9.10. The summed E-state index contributed by atoms with van der Waals surface area (Å²) >= 11 is 3.09. The molecule has 0 bridgehead atoms. The van der Waals surface area contributed by atoms with Crippen molar-refractivity contribution in [2.24, 2.45) is 5.92 Å². The molecule has 8 heteroatoms. The van der Waals surface area contributed by atoms with Gasteiger partial charge in [0.2, 0.25) is 0 Å². The minimum absolute atomic E-state index is 0.0677. The number of hydrogen-bond acceptors (Lipinski definition) is 3. The Labute approximate surface area is 136 Å². The molecule has 0 saturated carbocycles. The van der Waals surface area contributed by atoms with Crippen LogP contribution >= 0.6 is 26.6 Å². The van der Waals surface area contributed by atoms with Gasteiger partial charge >= 0.3 is 0 Å². The number of rotatable bonds is 5. The summed E-state index contributed by atoms with van der Waals surface area (Å²) < 4.78 is 36.5. The molecule has 1 aromatic rings. The monoisotopic (exact) mass is 399 g/mol. The first-order chi connectivity index (χ1) is 9.57. The molecule has 0 heterocycles. The predicted octanol–water partition coefficient (Wildman–Crippen LogP) is 3.63. The van der Waals surface area contributed by atoms with E-state index in [9.17, 15) is 17.6 Å². The summed E-state index contributed by atoms with van der Waals surface area (Å²) in [5, 5.41) is 0. The van der Waals surface area contributed by atoms with E-state index < -0.39 is 19.8 Å². The molecule has 0 aromatic heterocycles. The minimum atomic E-state index is -4.26. The summed E-state index contributed by atoms with van der Waals surface area (Å²) in [6.07, 6.45) is 0. The van der Waals surface area contributed by atoms with Crippen LogP contribution in [0.15, 0.2) is 21.5 Å². The van der Waals surface area contributed by atoms with Gasteiger partial charge in [0.15, 0.2) is 0 Å². The highest BCUT2D eigenvalue weighted by Gasteiger charge is 2.24. The third-order valence-electron chi connectivity index (χ3n) is 2.77. The van der Waals surface area contributed by atoms with Gasteiger partial charge in [-0.1, -0.05) is 13.8 Å². The van der Waals surface area contributed by atoms with E-state index in [1.54, 1.807) is 4.90 Å². The van der Waals surface area contributed by atoms with E-state index in [0.717, 1.165) is 12.1 Å². The number of halogens is 3. The largest absolute Gasteiger partial charge is 0.339 e. The molecule has 0 aliphatic heterocycles. The van der Waals surface area contributed by atoms with E-state index in [4.69, 9.17) is 10.7 Å². The van der Waals surface area contributed by atoms with Gasteiger partial charge in [-0.15, -0.1) is 0 Å². The molecule has 1 rings (SSSR count). The molecular weight excluding hydrogens is 385 g/mol. The lowest BCUT2D eigenvalue weighted by Crippen LogP contribution is -2.34. The van der Waals surface area contributed by atoms with E-state index in [1.165, 1.54) is 0 Å². The zero-order chi connectivity index (χ0) is 16.4. The lowest BCUT2D eigenvalue weighted by Gasteiger charge is -2.23. The topological polar surface area (TPSA) is 54.5 Å². The zero-order valence-electron chi connectivity index (χ0n) is 11.9. The molecule has 0 atom stereocenters. The maximum atomic E-state index is 13.7. The van der Waals surface area contributed by atoms with Crippen molar-refractivity contribution in [2.45, 2.75) is 25.7 Å². The lowest BCUT2D eigenvalue weighted by atomic mass is 10.1. The Kier molecular flexibility index (Phi) is 6.19. The van der Waals surface area contributed by atoms with Gasteiger partial charge in [0, 0.05) is 28.2 Å². The van der Waals surface area contributed by atoms with Crippen molar-refractivity contribution in [1.82, 2.24) is 4.90 Å². The van der Waals surface area contributed by atoms with E-state index in [-0.39, 0.29) is 21.9 Å². The number of nitrogens with zero attached hydrogens (tertiary/aromatic N) is 1. The summed E-state index contributed by atoms with van der Waals surface area (Å²) in [6, 6.07) is 1.90. The molecule has 0 fully saturated rings. The average Bonchev–Trinajstić information content (AvgIpc) is 2.33. The molecule has 118 valence electrons. The Hall–Kier alpha value is -0.660. The molecule has 0 saturated heterocycles. The van der Waals surface area contributed by atoms with Gasteiger partial charge in [0.25, 0.3) is 15.0 Å². The second-order valence-corrected chi connectivity index (χ2v) is 8.33. The number of amides is 1. The van der Waals surface area contributed by atoms with Crippen molar-refractivity contribution < 1.29 is 17.6 Å². The van der Waals surface area contributed by atoms with Crippen molar-refractivity contribution in [2.75, 3.05) is 13.1 Å². The van der Waals surface area contributed by atoms with Crippen LogP contribution in [0, 0.1) is 11.7 Å². The van der Waals surface area contributed by atoms with E-state index >= 15 is 0 Å². The number of benzene rings is 1. The third-order valence-corrected chi connectivity index (χ3v) is 4.76. The summed E-state index contributed by atoms with van der Waals surface area (Å²) in [6.45, 7) is 6.72. The fourth-order valence-electron chi connectivity index (χ4n) is 1.85. The van der Waals surface area contributed by atoms with E-state index in [0.29, 0.717) is 13.1 Å². The van der Waals surface area contributed by atoms with Gasteiger partial charge < -0.3 is 4.90 Å². The second kappa shape index (κ2) is 7.07. The number of carbonyl (C=O) groups excluding carboxylic acids is 1. The summed E-state index contributed by atoms with van der Waals surface area (Å²) in [4.78, 5) is 13.3. The molecule has 21 heavy (non-hydrogen) atoms. The van der Waals surface area contributed by atoms with Crippen LogP contribution in [0.1, 0.15) is 31.1 Å². The van der Waals surface area contributed by atoms with Crippen LogP contribution < -0.4 is 0 Å². The van der Waals surface area contributed by atoms with Crippen molar-refractivity contribution in [3.63, 3.8) is 0 Å². The summed E-state index contributed by atoms with van der Waals surface area (Å²) in [5.41, 5.74) is 0.0677. The molecule has 1 aromatic carbocycles. The third kappa shape index (κ3) is 4.66. The smallest absolute Gasteiger partial charge is 0.264 e. The van der Waals surface area contributed by atoms with Crippen LogP contribution in [0.5, 0.6) is 0 Å². The molecule has 0 spiro atoms. The highest BCUT2D eigenvalue weighted by Crippen LogP contribution is 2.27. The van der Waals surface area contributed by atoms with E-state index in [1.807, 2.05) is 20.8 Å². The Morgan fingerprint density at radius 3 is 2.43 bits per heavy atom. The molecule has 0 aliphatic carbocycles. The van der Waals surface area contributed by atoms with Gasteiger partial charge in [-0.05, 0) is 40.9 Å². The van der Waals surface area contributed by atoms with Gasteiger partial charge in [0.05, 0.1) is 5.56 Å². The first kappa shape index (κ1) is 18.4. The van der Waals surface area contributed by atoms with Gasteiger partial charge in [-0.25, -0.2) is 12.8 Å². The van der Waals surface area contributed by atoms with Crippen LogP contribution in [-0.2, 0) is 9.05 Å². The number of carbonyl (C=O) groups is 1. The van der Waals surface area contributed by atoms with Crippen LogP contribution in [-0.4, -0.2) is 32.3 Å². The molecule has 0 unspecified atom stereocenters. The number of hydrogen-bond donors (Lipinski definition) is 0. The van der Waals surface area contributed by atoms with Crippen molar-refractivity contribution in [1.29, 1.82) is 0 Å². The molecule has 1 amide bonds. The Balaban J connectivity index is 3.33. The summed E-state index contributed by atoms with van der Waals surface area (Å²) in [5.74, 6) is -1.12. The summed E-state index contributed by atoms with van der Waals surface area (Å²) in [7, 11) is 0.927. The predicted molar refractivity (Wildman–Crippen MR) is 83.6 cm³/mol. The van der Waals surface area contributed by atoms with E-state index in [2.05, 4.69) is 15.9 Å². The normalized spacial score (nSPS) is 11.8. The maximum Gasteiger partial charge on any atom is 0.264 e. The van der Waals surface area contributed by atoms with Gasteiger partial charge in [0.1, 0.15) is 10.7 Å². The van der Waals surface area contributed by atoms with Crippen LogP contribution in [0.2, 0.25) is 0 Å². The first-order valence-electron chi connectivity index (χ1n) is 6.30. The highest BCUT2D eigenvalue weighted by atomic mass is 79.9. The fourth-order valence-corrected chi connectivity index (χ4v) is 3.24. The van der Waals surface area contributed by atoms with Crippen molar-refractivity contribution >= 4 is 41.6 Å². The van der Waals surface area contributed by atoms with Gasteiger partial charge in [-0.3, -0.25) is 4.79 Å². The van der Waals surface area contributed by atoms with Gasteiger partial charge in [-0.2, -0.15) is 0 Å². The quantitative estimate of drug-likeness (QED) is 0.709. The molecular formula is C13H16BrClFNO3S. The molecule has 4 nitrogen and oxygen atoms in total. The average molecular weight is 401 g/mol. The second-order valence-electron chi connectivity index (χ2n) is 4.94. The Morgan fingerprint density at radius 2 is 2.00 bits per heavy atom. The first-order valence-corrected chi connectivity index (χ1v) is 9.41. The van der Waals surface area contributed by atoms with Crippen molar-refractivity contribution in [3.05, 3.63) is 28.0 Å². The van der Waals surface area contributed by atoms with Crippen molar-refractivity contribution in [3.8, 4) is 0 Å². The Bertz CT molecular complexity index is 649. The fraction of sp³-hybridized carbons (Fsp3) is 0.462. The maximum absolute atomic E-state index is 13.7. The molecule has 0 aliphatic rings. The molecule has 0 N–H and O–H groups in total. The van der Waals surface area contributed by atoms with Crippen LogP contribution in [0.4, 0.5) is 4.39 Å². The van der Waals surface area contributed by atoms with Crippen LogP contribution in [0.3, 0.4) is 0 Å². The van der Waals surface area contributed by atoms with Crippen LogP contribution in [0.25, 0.3) is 0 Å². The standard InChI is InChI=1S/C13H16BrClFNO3S/c1-4-17(7-8(2)3)13(18)9-5-12(21(15,19)20)11(16)6-10(9)14/h5-6,8H,4,7H2,1-3H3. The zero-order valence-corrected chi connectivity index (χ0v) is 15.0. The SMILES string of the molecule is CCN(CC(C)C)C(=O)c1cc(S(=O)(=O)Cl)c(F)cc1Br. The minimum Gasteiger partial charge on any atom is -0.339 e. The Morgan fingerprint density at radius 1 is 1.43 bits per heavy atom. The molecule has 0 radical (unpaired) electrons.